The van der Waals surface area contributed by atoms with E-state index in [2.05, 4.69) is 4.99 Å². The molecule has 0 bridgehead atoms. The molecule has 0 aliphatic heterocycles. The fourth-order valence-electron chi connectivity index (χ4n) is 0.490. The molecule has 0 radical (unpaired) electrons. The Balaban J connectivity index is 3.53. The molecule has 0 N–H and O–H groups in total. The summed E-state index contributed by atoms with van der Waals surface area (Å²) in [4.78, 5) is 23.8. The van der Waals surface area contributed by atoms with E-state index >= 15 is 0 Å². The first kappa shape index (κ1) is 11.1. The van der Waals surface area contributed by atoms with E-state index in [1.54, 1.807) is 6.92 Å². The van der Waals surface area contributed by atoms with Crippen LogP contribution in [0.25, 0.3) is 0 Å². The van der Waals surface area contributed by atoms with Crippen molar-refractivity contribution >= 4 is 23.7 Å². The van der Waals surface area contributed by atoms with Gasteiger partial charge in [-0.2, -0.15) is 4.99 Å². The minimum absolute atomic E-state index is 0.102. The second kappa shape index (κ2) is 6.83. The van der Waals surface area contributed by atoms with Gasteiger partial charge in [-0.1, -0.05) is 0 Å². The minimum atomic E-state index is -0.377. The average Bonchev–Trinajstić information content (AvgIpc) is 2.02. The number of ether oxygens (including phenoxy) is 1. The predicted octanol–water partition coefficient (Wildman–Crippen LogP) is 0.883. The van der Waals surface area contributed by atoms with Crippen molar-refractivity contribution in [2.75, 3.05) is 12.5 Å². The fraction of sp³-hybridized carbons (Fsp3) is 0.714. The van der Waals surface area contributed by atoms with Crippen LogP contribution in [0.5, 0.6) is 0 Å². The van der Waals surface area contributed by atoms with Crippen molar-refractivity contribution in [2.45, 2.75) is 19.4 Å². The summed E-state index contributed by atoms with van der Waals surface area (Å²) in [7, 11) is 0. The zero-order valence-corrected chi connectivity index (χ0v) is 7.50. The van der Waals surface area contributed by atoms with E-state index in [4.69, 9.17) is 16.3 Å². The molecule has 4 nitrogen and oxygen atoms in total. The van der Waals surface area contributed by atoms with Gasteiger partial charge in [0.15, 0.2) is 0 Å². The summed E-state index contributed by atoms with van der Waals surface area (Å²) in [6, 6.07) is -0.332. The average molecular weight is 192 g/mol. The SMILES string of the molecule is CC(COC(=O)CCCl)N=C=O. The third-order valence-corrected chi connectivity index (χ3v) is 1.25. The van der Waals surface area contributed by atoms with Gasteiger partial charge < -0.3 is 4.74 Å². The first-order chi connectivity index (χ1) is 5.70. The molecule has 0 rings (SSSR count). The quantitative estimate of drug-likeness (QED) is 0.281. The van der Waals surface area contributed by atoms with Crippen LogP contribution in [0.1, 0.15) is 13.3 Å². The van der Waals surface area contributed by atoms with Gasteiger partial charge in [0.25, 0.3) is 0 Å². The Morgan fingerprint density at radius 1 is 1.75 bits per heavy atom. The zero-order valence-electron chi connectivity index (χ0n) is 6.75. The van der Waals surface area contributed by atoms with Gasteiger partial charge >= 0.3 is 5.97 Å². The molecule has 0 heterocycles. The van der Waals surface area contributed by atoms with Crippen molar-refractivity contribution in [2.24, 2.45) is 4.99 Å². The molecule has 0 saturated heterocycles. The molecule has 0 amide bonds. The Labute approximate surface area is 75.6 Å². The number of halogens is 1. The lowest BCUT2D eigenvalue weighted by Crippen LogP contribution is -2.14. The van der Waals surface area contributed by atoms with Crippen LogP contribution >= 0.6 is 11.6 Å². The van der Waals surface area contributed by atoms with Crippen molar-refractivity contribution in [3.05, 3.63) is 0 Å². The lowest BCUT2D eigenvalue weighted by molar-refractivity contribution is -0.143. The van der Waals surface area contributed by atoms with E-state index in [1.165, 1.54) is 6.08 Å². The number of aliphatic imine (C=N–C) groups is 1. The van der Waals surface area contributed by atoms with Gasteiger partial charge in [-0.3, -0.25) is 4.79 Å². The highest BCUT2D eigenvalue weighted by Crippen LogP contribution is 1.93. The molecule has 0 aromatic carbocycles. The lowest BCUT2D eigenvalue weighted by atomic mass is 10.4. The summed E-state index contributed by atoms with van der Waals surface area (Å²) in [5.74, 6) is -0.137. The maximum absolute atomic E-state index is 10.7. The van der Waals surface area contributed by atoms with Crippen molar-refractivity contribution in [3.63, 3.8) is 0 Å². The Morgan fingerprint density at radius 2 is 2.42 bits per heavy atom. The van der Waals surface area contributed by atoms with E-state index in [0.717, 1.165) is 0 Å². The first-order valence-electron chi connectivity index (χ1n) is 3.49. The molecule has 0 saturated carbocycles. The van der Waals surface area contributed by atoms with Gasteiger partial charge in [0.1, 0.15) is 6.61 Å². The molecule has 0 fully saturated rings. The molecular formula is C7H10ClNO3. The summed E-state index contributed by atoms with van der Waals surface area (Å²) in [5.41, 5.74) is 0. The van der Waals surface area contributed by atoms with Gasteiger partial charge in [-0.15, -0.1) is 11.6 Å². The highest BCUT2D eigenvalue weighted by atomic mass is 35.5. The number of nitrogens with zero attached hydrogens (tertiary/aromatic N) is 1. The van der Waals surface area contributed by atoms with Crippen molar-refractivity contribution in [1.82, 2.24) is 0 Å². The Morgan fingerprint density at radius 3 is 2.92 bits per heavy atom. The molecule has 12 heavy (non-hydrogen) atoms. The summed E-state index contributed by atoms with van der Waals surface area (Å²) < 4.78 is 4.70. The van der Waals surface area contributed by atoms with Gasteiger partial charge in [0.2, 0.25) is 6.08 Å². The van der Waals surface area contributed by atoms with Crippen molar-refractivity contribution in [1.29, 1.82) is 0 Å². The first-order valence-corrected chi connectivity index (χ1v) is 4.02. The number of rotatable bonds is 5. The summed E-state index contributed by atoms with van der Waals surface area (Å²) in [6.07, 6.45) is 1.56. The third kappa shape index (κ3) is 5.89. The molecule has 0 spiro atoms. The number of isocyanates is 1. The van der Waals surface area contributed by atoms with Crippen LogP contribution < -0.4 is 0 Å². The maximum atomic E-state index is 10.7. The van der Waals surface area contributed by atoms with Crippen LogP contribution in [0, 0.1) is 0 Å². The molecule has 5 heteroatoms. The van der Waals surface area contributed by atoms with Crippen LogP contribution in [-0.4, -0.2) is 30.6 Å². The topological polar surface area (TPSA) is 55.7 Å². The van der Waals surface area contributed by atoms with Crippen LogP contribution in [0.3, 0.4) is 0 Å². The smallest absolute Gasteiger partial charge is 0.307 e. The molecule has 1 atom stereocenters. The molecule has 0 aliphatic carbocycles. The highest BCUT2D eigenvalue weighted by Gasteiger charge is 2.04. The van der Waals surface area contributed by atoms with Crippen molar-refractivity contribution in [3.8, 4) is 0 Å². The normalized spacial score (nSPS) is 11.5. The van der Waals surface area contributed by atoms with Gasteiger partial charge in [-0.25, -0.2) is 4.79 Å². The van der Waals surface area contributed by atoms with Gasteiger partial charge in [-0.05, 0) is 6.92 Å². The number of hydrogen-bond acceptors (Lipinski definition) is 4. The Bertz CT molecular complexity index is 189. The molecule has 0 aromatic rings. The van der Waals surface area contributed by atoms with Crippen LogP contribution in [0.2, 0.25) is 0 Å². The second-order valence-electron chi connectivity index (χ2n) is 2.19. The van der Waals surface area contributed by atoms with Crippen LogP contribution in [0.15, 0.2) is 4.99 Å². The lowest BCUT2D eigenvalue weighted by Gasteiger charge is -2.04. The summed E-state index contributed by atoms with van der Waals surface area (Å²) in [5, 5.41) is 0. The number of carbonyl (C=O) groups excluding carboxylic acids is 2. The van der Waals surface area contributed by atoms with Gasteiger partial charge in [0.05, 0.1) is 12.5 Å². The summed E-state index contributed by atoms with van der Waals surface area (Å²) >= 11 is 5.29. The minimum Gasteiger partial charge on any atom is -0.463 e. The monoisotopic (exact) mass is 191 g/mol. The number of carbonyl (C=O) groups is 1. The summed E-state index contributed by atoms with van der Waals surface area (Å²) in [6.45, 7) is 1.75. The third-order valence-electron chi connectivity index (χ3n) is 1.06. The van der Waals surface area contributed by atoms with Crippen LogP contribution in [0.4, 0.5) is 0 Å². The molecule has 68 valence electrons. The molecule has 1 unspecified atom stereocenters. The second-order valence-corrected chi connectivity index (χ2v) is 2.57. The number of esters is 1. The zero-order chi connectivity index (χ0) is 9.40. The van der Waals surface area contributed by atoms with Crippen molar-refractivity contribution < 1.29 is 14.3 Å². The largest absolute Gasteiger partial charge is 0.463 e. The van der Waals surface area contributed by atoms with E-state index < -0.39 is 0 Å². The van der Waals surface area contributed by atoms with E-state index in [0.29, 0.717) is 0 Å². The van der Waals surface area contributed by atoms with E-state index in [-0.39, 0.29) is 30.9 Å². The van der Waals surface area contributed by atoms with E-state index in [1.807, 2.05) is 0 Å². The van der Waals surface area contributed by atoms with E-state index in [9.17, 15) is 9.59 Å². The van der Waals surface area contributed by atoms with Crippen LogP contribution in [-0.2, 0) is 14.3 Å². The Kier molecular flexibility index (Phi) is 6.34. The number of alkyl halides is 1. The molecular weight excluding hydrogens is 182 g/mol. The molecule has 0 aliphatic rings. The highest BCUT2D eigenvalue weighted by molar-refractivity contribution is 6.18. The fourth-order valence-corrected chi connectivity index (χ4v) is 0.644. The Hall–Kier alpha value is -0.860. The predicted molar refractivity (Wildman–Crippen MR) is 43.9 cm³/mol. The standard InChI is InChI=1S/C7H10ClNO3/c1-6(9-5-10)4-12-7(11)2-3-8/h6H,2-4H2,1H3. The number of hydrogen-bond donors (Lipinski definition) is 0. The molecule has 0 aromatic heterocycles. The maximum Gasteiger partial charge on any atom is 0.307 e. The van der Waals surface area contributed by atoms with Gasteiger partial charge in [0, 0.05) is 5.88 Å².